The fraction of sp³-hybridized carbons (Fsp3) is 0.0606. The Bertz CT molecular complexity index is 2050. The third-order valence-corrected chi connectivity index (χ3v) is 7.02. The number of hydrogen-bond donors (Lipinski definition) is 4. The number of benzene rings is 4. The summed E-state index contributed by atoms with van der Waals surface area (Å²) < 4.78 is 66.6. The summed E-state index contributed by atoms with van der Waals surface area (Å²) in [5.74, 6) is -2.40. The molecule has 0 amide bonds. The van der Waals surface area contributed by atoms with Crippen LogP contribution in [0.2, 0.25) is 0 Å². The Morgan fingerprint density at radius 3 is 1.67 bits per heavy atom. The van der Waals surface area contributed by atoms with Gasteiger partial charge in [0.25, 0.3) is 0 Å². The summed E-state index contributed by atoms with van der Waals surface area (Å²) in [6.07, 6.45) is 0. The zero-order valence-electron chi connectivity index (χ0n) is 25.1. The summed E-state index contributed by atoms with van der Waals surface area (Å²) >= 11 is 4.41. The van der Waals surface area contributed by atoms with E-state index in [0.717, 1.165) is 17.7 Å². The van der Waals surface area contributed by atoms with Gasteiger partial charge in [0.1, 0.15) is 34.8 Å². The molecule has 4 aromatic carbocycles. The summed E-state index contributed by atoms with van der Waals surface area (Å²) in [6, 6.07) is 20.1. The molecule has 3 N–H and O–H groups in total. The first-order valence-corrected chi connectivity index (χ1v) is 14.5. The second-order valence-corrected chi connectivity index (χ2v) is 10.4. The number of methoxy groups -OCH3 is 2. The van der Waals surface area contributed by atoms with Crippen LogP contribution in [-0.2, 0) is 0 Å². The van der Waals surface area contributed by atoms with E-state index in [9.17, 15) is 17.6 Å². The van der Waals surface area contributed by atoms with Crippen LogP contribution >= 0.6 is 12.6 Å². The number of nitrogens with zero attached hydrogens (tertiary/aromatic N) is 5. The van der Waals surface area contributed by atoms with Gasteiger partial charge in [0.05, 0.1) is 37.0 Å². The van der Waals surface area contributed by atoms with Crippen LogP contribution in [0.4, 0.5) is 52.5 Å². The Hall–Kier alpha value is -5.96. The lowest BCUT2D eigenvalue weighted by Gasteiger charge is -2.13. The highest BCUT2D eigenvalue weighted by Crippen LogP contribution is 2.35. The minimum absolute atomic E-state index is 0.0140. The second-order valence-electron chi connectivity index (χ2n) is 10.0. The molecule has 0 aliphatic heterocycles. The molecule has 0 unspecified atom stereocenters. The summed E-state index contributed by atoms with van der Waals surface area (Å²) in [6.45, 7) is 0. The molecule has 242 valence electrons. The number of anilines is 6. The molecule has 0 radical (unpaired) electrons. The molecule has 6 rings (SSSR count). The van der Waals surface area contributed by atoms with Gasteiger partial charge in [-0.15, -0.1) is 12.6 Å². The molecule has 0 fully saturated rings. The maximum Gasteiger partial charge on any atom is 0.233 e. The van der Waals surface area contributed by atoms with E-state index in [-0.39, 0.29) is 34.4 Å². The lowest BCUT2D eigenvalue weighted by molar-refractivity contribution is 0.404. The van der Waals surface area contributed by atoms with Crippen LogP contribution in [0.25, 0.3) is 22.5 Å². The number of aromatic nitrogens is 5. The van der Waals surface area contributed by atoms with E-state index in [1.807, 2.05) is 0 Å². The summed E-state index contributed by atoms with van der Waals surface area (Å²) in [7, 11) is 3.13. The predicted octanol–water partition coefficient (Wildman–Crippen LogP) is 8.09. The molecule has 0 saturated carbocycles. The third-order valence-electron chi connectivity index (χ3n) is 6.82. The maximum atomic E-state index is 14.4. The summed E-state index contributed by atoms with van der Waals surface area (Å²) in [5.41, 5.74) is 2.90. The van der Waals surface area contributed by atoms with E-state index in [4.69, 9.17) is 9.47 Å². The first-order chi connectivity index (χ1) is 23.2. The van der Waals surface area contributed by atoms with E-state index in [0.29, 0.717) is 46.3 Å². The van der Waals surface area contributed by atoms with Gasteiger partial charge in [-0.25, -0.2) is 27.5 Å². The van der Waals surface area contributed by atoms with Gasteiger partial charge in [-0.2, -0.15) is 15.0 Å². The molecule has 48 heavy (non-hydrogen) atoms. The summed E-state index contributed by atoms with van der Waals surface area (Å²) in [4.78, 5) is 21.7. The van der Waals surface area contributed by atoms with Crippen LogP contribution in [0, 0.1) is 23.3 Å². The van der Waals surface area contributed by atoms with Crippen LogP contribution in [0.15, 0.2) is 90.1 Å². The smallest absolute Gasteiger partial charge is 0.233 e. The van der Waals surface area contributed by atoms with Gasteiger partial charge in [0.2, 0.25) is 17.8 Å². The Balaban J connectivity index is 1.29. The molecule has 10 nitrogen and oxygen atoms in total. The van der Waals surface area contributed by atoms with E-state index >= 15 is 0 Å². The van der Waals surface area contributed by atoms with Gasteiger partial charge in [-0.05, 0) is 60.7 Å². The van der Waals surface area contributed by atoms with Crippen LogP contribution in [0.5, 0.6) is 11.5 Å². The number of rotatable bonds is 10. The molecule has 0 saturated heterocycles. The zero-order chi connectivity index (χ0) is 33.8. The lowest BCUT2D eigenvalue weighted by atomic mass is 10.1. The molecular weight excluding hydrogens is 648 g/mol. The molecule has 6 aromatic rings. The maximum absolute atomic E-state index is 14.4. The molecule has 0 atom stereocenters. The van der Waals surface area contributed by atoms with Crippen LogP contribution in [-0.4, -0.2) is 39.1 Å². The number of ether oxygens (including phenoxy) is 2. The third kappa shape index (κ3) is 7.36. The van der Waals surface area contributed by atoms with Crippen LogP contribution < -0.4 is 25.4 Å². The normalized spacial score (nSPS) is 10.8. The average Bonchev–Trinajstić information content (AvgIpc) is 3.07. The van der Waals surface area contributed by atoms with Crippen molar-refractivity contribution >= 4 is 47.5 Å². The van der Waals surface area contributed by atoms with E-state index in [2.05, 4.69) is 53.5 Å². The van der Waals surface area contributed by atoms with Crippen molar-refractivity contribution < 1.29 is 27.0 Å². The molecule has 15 heteroatoms. The van der Waals surface area contributed by atoms with Crippen molar-refractivity contribution in [2.45, 2.75) is 5.16 Å². The molecule has 0 bridgehead atoms. The molecule has 0 aliphatic rings. The molecule has 2 heterocycles. The van der Waals surface area contributed by atoms with Crippen molar-refractivity contribution in [3.8, 4) is 34.0 Å². The zero-order valence-corrected chi connectivity index (χ0v) is 26.0. The van der Waals surface area contributed by atoms with Gasteiger partial charge in [0.15, 0.2) is 5.16 Å². The first-order valence-electron chi connectivity index (χ1n) is 14.1. The van der Waals surface area contributed by atoms with Crippen molar-refractivity contribution in [3.05, 3.63) is 108 Å². The van der Waals surface area contributed by atoms with Crippen LogP contribution in [0.3, 0.4) is 0 Å². The van der Waals surface area contributed by atoms with Crippen molar-refractivity contribution in [2.75, 3.05) is 30.2 Å². The minimum atomic E-state index is -0.887. The van der Waals surface area contributed by atoms with Crippen LogP contribution in [0.1, 0.15) is 0 Å². The van der Waals surface area contributed by atoms with Crippen molar-refractivity contribution in [1.29, 1.82) is 0 Å². The number of hydrogen-bond acceptors (Lipinski definition) is 11. The van der Waals surface area contributed by atoms with Crippen molar-refractivity contribution in [2.24, 2.45) is 0 Å². The first kappa shape index (κ1) is 32.0. The highest BCUT2D eigenvalue weighted by Gasteiger charge is 2.15. The minimum Gasteiger partial charge on any atom is -0.497 e. The van der Waals surface area contributed by atoms with E-state index in [1.54, 1.807) is 62.8 Å². The monoisotopic (exact) mass is 672 g/mol. The highest BCUT2D eigenvalue weighted by atomic mass is 32.1. The topological polar surface area (TPSA) is 119 Å². The van der Waals surface area contributed by atoms with E-state index < -0.39 is 23.3 Å². The van der Waals surface area contributed by atoms with Crippen molar-refractivity contribution in [3.63, 3.8) is 0 Å². The molecule has 0 aliphatic carbocycles. The Morgan fingerprint density at radius 2 is 1.12 bits per heavy atom. The standard InChI is InChI=1S/C33H24F4N8O2S/c1-46-21-9-12-29(47-2)22(15-21)28-16-27(41-33(48)42-28)17-3-7-20(8-4-17)38-30-43-31(39-25-10-5-18(34)13-23(25)36)45-32(44-30)40-26-11-6-19(35)14-24(26)37/h3-16H,1-2H3,(H,41,42,48)(H3,38,39,40,43,44,45). The number of halogens is 4. The lowest BCUT2D eigenvalue weighted by Crippen LogP contribution is -2.08. The van der Waals surface area contributed by atoms with Gasteiger partial charge >= 0.3 is 0 Å². The second kappa shape index (κ2) is 13.8. The SMILES string of the molecule is COc1ccc(OC)c(-c2cc(-c3ccc(Nc4nc(Nc5ccc(F)cc5F)nc(Nc5ccc(F)cc5F)n4)cc3)nc(S)n2)c1. The quantitative estimate of drug-likeness (QED) is 0.0646. The average molecular weight is 673 g/mol. The fourth-order valence-electron chi connectivity index (χ4n) is 4.55. The van der Waals surface area contributed by atoms with E-state index in [1.165, 1.54) is 12.1 Å². The summed E-state index contributed by atoms with van der Waals surface area (Å²) in [5, 5.41) is 8.62. The Morgan fingerprint density at radius 1 is 0.562 bits per heavy atom. The van der Waals surface area contributed by atoms with Gasteiger partial charge < -0.3 is 25.4 Å². The highest BCUT2D eigenvalue weighted by molar-refractivity contribution is 7.80. The fourth-order valence-corrected chi connectivity index (χ4v) is 4.77. The largest absolute Gasteiger partial charge is 0.497 e. The van der Waals surface area contributed by atoms with Crippen molar-refractivity contribution in [1.82, 2.24) is 24.9 Å². The Kier molecular flexibility index (Phi) is 9.20. The number of thiol groups is 1. The molecular formula is C33H24F4N8O2S. The van der Waals surface area contributed by atoms with Gasteiger partial charge in [-0.3, -0.25) is 0 Å². The molecule has 2 aromatic heterocycles. The van der Waals surface area contributed by atoms with Gasteiger partial charge in [-0.1, -0.05) is 12.1 Å². The predicted molar refractivity (Wildman–Crippen MR) is 176 cm³/mol. The van der Waals surface area contributed by atoms with Gasteiger partial charge in [0, 0.05) is 28.9 Å². The molecule has 0 spiro atoms. The number of nitrogens with one attached hydrogen (secondary N) is 3. The Labute approximate surface area is 276 Å².